The van der Waals surface area contributed by atoms with Crippen LogP contribution in [0, 0.1) is 0 Å². The summed E-state index contributed by atoms with van der Waals surface area (Å²) in [7, 11) is 1.65. The van der Waals surface area contributed by atoms with Crippen molar-refractivity contribution in [2.24, 2.45) is 0 Å². The van der Waals surface area contributed by atoms with E-state index < -0.39 is 5.60 Å². The number of ether oxygens (including phenoxy) is 3. The average Bonchev–Trinajstić information content (AvgIpc) is 2.40. The van der Waals surface area contributed by atoms with Gasteiger partial charge in [-0.1, -0.05) is 12.1 Å². The number of nitrogens with zero attached hydrogens (tertiary/aromatic N) is 1. The third-order valence-electron chi connectivity index (χ3n) is 3.48. The molecule has 0 aliphatic carbocycles. The van der Waals surface area contributed by atoms with Crippen LogP contribution < -0.4 is 4.74 Å². The standard InChI is InChI=1S/C17H25NO4/c1-12(13-6-8-14(20-5)9-7-13)21-15-10-18(11-15)16(19)22-17(2,3)4/h6-9,12,15H,10-11H2,1-5H3/t12-/m0/s1. The maximum absolute atomic E-state index is 11.8. The molecule has 0 spiro atoms. The summed E-state index contributed by atoms with van der Waals surface area (Å²) < 4.78 is 16.4. The van der Waals surface area contributed by atoms with Crippen LogP contribution in [0.1, 0.15) is 39.4 Å². The van der Waals surface area contributed by atoms with Gasteiger partial charge in [0, 0.05) is 0 Å². The van der Waals surface area contributed by atoms with Crippen LogP contribution >= 0.6 is 0 Å². The van der Waals surface area contributed by atoms with E-state index >= 15 is 0 Å². The average molecular weight is 307 g/mol. The van der Waals surface area contributed by atoms with Gasteiger partial charge in [0.15, 0.2) is 0 Å². The van der Waals surface area contributed by atoms with E-state index in [1.165, 1.54) is 0 Å². The van der Waals surface area contributed by atoms with Crippen LogP contribution in [0.4, 0.5) is 4.79 Å². The molecule has 0 radical (unpaired) electrons. The monoisotopic (exact) mass is 307 g/mol. The van der Waals surface area contributed by atoms with Gasteiger partial charge in [0.2, 0.25) is 0 Å². The van der Waals surface area contributed by atoms with Crippen LogP contribution in [-0.2, 0) is 9.47 Å². The SMILES string of the molecule is COc1ccc([C@H](C)OC2CN(C(=O)OC(C)(C)C)C2)cc1. The number of hydrogen-bond donors (Lipinski definition) is 0. The lowest BCUT2D eigenvalue weighted by molar-refractivity contribution is -0.0895. The van der Waals surface area contributed by atoms with E-state index in [0.717, 1.165) is 11.3 Å². The van der Waals surface area contributed by atoms with Gasteiger partial charge in [0.05, 0.1) is 32.4 Å². The Morgan fingerprint density at radius 1 is 1.23 bits per heavy atom. The van der Waals surface area contributed by atoms with Gasteiger partial charge in [-0.2, -0.15) is 0 Å². The molecule has 0 aromatic heterocycles. The Balaban J connectivity index is 1.78. The third kappa shape index (κ3) is 4.37. The molecule has 5 heteroatoms. The normalized spacial score (nSPS) is 16.9. The fraction of sp³-hybridized carbons (Fsp3) is 0.588. The van der Waals surface area contributed by atoms with E-state index in [1.54, 1.807) is 12.0 Å². The molecule has 1 fully saturated rings. The number of carbonyl (C=O) groups is 1. The van der Waals surface area contributed by atoms with Crippen LogP contribution in [-0.4, -0.2) is 42.9 Å². The molecule has 5 nitrogen and oxygen atoms in total. The Bertz CT molecular complexity index is 500. The van der Waals surface area contributed by atoms with Gasteiger partial charge >= 0.3 is 6.09 Å². The lowest BCUT2D eigenvalue weighted by atomic mass is 10.1. The summed E-state index contributed by atoms with van der Waals surface area (Å²) in [5, 5.41) is 0. The predicted octanol–water partition coefficient (Wildman–Crippen LogP) is 3.39. The molecule has 22 heavy (non-hydrogen) atoms. The van der Waals surface area contributed by atoms with Gasteiger partial charge in [-0.25, -0.2) is 4.79 Å². The van der Waals surface area contributed by atoms with E-state index in [1.807, 2.05) is 52.0 Å². The first-order valence-electron chi connectivity index (χ1n) is 7.56. The molecule has 0 N–H and O–H groups in total. The summed E-state index contributed by atoms with van der Waals surface area (Å²) in [6, 6.07) is 7.83. The number of benzene rings is 1. The van der Waals surface area contributed by atoms with Gasteiger partial charge in [0.1, 0.15) is 11.4 Å². The molecular formula is C17H25NO4. The molecule has 122 valence electrons. The zero-order valence-corrected chi connectivity index (χ0v) is 14.0. The summed E-state index contributed by atoms with van der Waals surface area (Å²) >= 11 is 0. The second kappa shape index (κ2) is 6.57. The summed E-state index contributed by atoms with van der Waals surface area (Å²) in [4.78, 5) is 13.5. The van der Waals surface area contributed by atoms with Gasteiger partial charge < -0.3 is 19.1 Å². The molecule has 1 aliphatic heterocycles. The molecule has 0 unspecified atom stereocenters. The minimum absolute atomic E-state index is 0.0170. The zero-order chi connectivity index (χ0) is 16.3. The first kappa shape index (κ1) is 16.6. The van der Waals surface area contributed by atoms with Crippen molar-refractivity contribution in [2.45, 2.75) is 45.5 Å². The third-order valence-corrected chi connectivity index (χ3v) is 3.48. The van der Waals surface area contributed by atoms with Crippen LogP contribution in [0.2, 0.25) is 0 Å². The Morgan fingerprint density at radius 2 is 1.82 bits per heavy atom. The molecular weight excluding hydrogens is 282 g/mol. The predicted molar refractivity (Wildman–Crippen MR) is 84.1 cm³/mol. The van der Waals surface area contributed by atoms with E-state index in [2.05, 4.69) is 0 Å². The number of rotatable bonds is 4. The van der Waals surface area contributed by atoms with Crippen molar-refractivity contribution in [3.8, 4) is 5.75 Å². The van der Waals surface area contributed by atoms with Crippen molar-refractivity contribution in [1.29, 1.82) is 0 Å². The molecule has 1 aliphatic rings. The van der Waals surface area contributed by atoms with Crippen molar-refractivity contribution >= 4 is 6.09 Å². The highest BCUT2D eigenvalue weighted by Crippen LogP contribution is 2.25. The van der Waals surface area contributed by atoms with Gasteiger partial charge in [0.25, 0.3) is 0 Å². The second-order valence-electron chi connectivity index (χ2n) is 6.56. The minimum atomic E-state index is -0.459. The lowest BCUT2D eigenvalue weighted by Crippen LogP contribution is -2.56. The second-order valence-corrected chi connectivity index (χ2v) is 6.56. The quantitative estimate of drug-likeness (QED) is 0.855. The van der Waals surface area contributed by atoms with Crippen LogP contribution in [0.25, 0.3) is 0 Å². The van der Waals surface area contributed by atoms with Crippen LogP contribution in [0.5, 0.6) is 5.75 Å². The van der Waals surface area contributed by atoms with Crippen LogP contribution in [0.15, 0.2) is 24.3 Å². The van der Waals surface area contributed by atoms with Gasteiger partial charge in [-0.05, 0) is 45.4 Å². The van der Waals surface area contributed by atoms with Crippen molar-refractivity contribution in [3.05, 3.63) is 29.8 Å². The smallest absolute Gasteiger partial charge is 0.410 e. The van der Waals surface area contributed by atoms with Crippen molar-refractivity contribution in [3.63, 3.8) is 0 Å². The highest BCUT2D eigenvalue weighted by Gasteiger charge is 2.35. The Labute approximate surface area is 132 Å². The molecule has 1 saturated heterocycles. The van der Waals surface area contributed by atoms with Gasteiger partial charge in [-0.15, -0.1) is 0 Å². The highest BCUT2D eigenvalue weighted by molar-refractivity contribution is 5.69. The zero-order valence-electron chi connectivity index (χ0n) is 14.0. The molecule has 1 amide bonds. The van der Waals surface area contributed by atoms with E-state index in [9.17, 15) is 4.79 Å². The molecule has 0 bridgehead atoms. The Kier molecular flexibility index (Phi) is 4.96. The molecule has 1 atom stereocenters. The van der Waals surface area contributed by atoms with Crippen LogP contribution in [0.3, 0.4) is 0 Å². The summed E-state index contributed by atoms with van der Waals surface area (Å²) in [5.41, 5.74) is 0.635. The highest BCUT2D eigenvalue weighted by atomic mass is 16.6. The molecule has 1 heterocycles. The number of carbonyl (C=O) groups excluding carboxylic acids is 1. The van der Waals surface area contributed by atoms with E-state index in [0.29, 0.717) is 13.1 Å². The first-order chi connectivity index (χ1) is 10.3. The fourth-order valence-corrected chi connectivity index (χ4v) is 2.24. The number of hydrogen-bond acceptors (Lipinski definition) is 4. The summed E-state index contributed by atoms with van der Waals surface area (Å²) in [5.74, 6) is 0.829. The first-order valence-corrected chi connectivity index (χ1v) is 7.56. The Morgan fingerprint density at radius 3 is 2.32 bits per heavy atom. The summed E-state index contributed by atoms with van der Waals surface area (Å²) in [6.07, 6.45) is -0.231. The van der Waals surface area contributed by atoms with E-state index in [4.69, 9.17) is 14.2 Å². The molecule has 1 aromatic carbocycles. The molecule has 2 rings (SSSR count). The number of amides is 1. The van der Waals surface area contributed by atoms with Crippen molar-refractivity contribution in [1.82, 2.24) is 4.90 Å². The fourth-order valence-electron chi connectivity index (χ4n) is 2.24. The summed E-state index contributed by atoms with van der Waals surface area (Å²) in [6.45, 7) is 8.77. The topological polar surface area (TPSA) is 48.0 Å². The minimum Gasteiger partial charge on any atom is -0.497 e. The number of methoxy groups -OCH3 is 1. The Hall–Kier alpha value is -1.75. The maximum Gasteiger partial charge on any atom is 0.410 e. The molecule has 0 saturated carbocycles. The maximum atomic E-state index is 11.8. The lowest BCUT2D eigenvalue weighted by Gasteiger charge is -2.40. The van der Waals surface area contributed by atoms with Crippen molar-refractivity contribution < 1.29 is 19.0 Å². The largest absolute Gasteiger partial charge is 0.497 e. The van der Waals surface area contributed by atoms with Crippen molar-refractivity contribution in [2.75, 3.05) is 20.2 Å². The van der Waals surface area contributed by atoms with Gasteiger partial charge in [-0.3, -0.25) is 0 Å². The molecule has 1 aromatic rings. The number of likely N-dealkylation sites (tertiary alicyclic amines) is 1. The van der Waals surface area contributed by atoms with E-state index in [-0.39, 0.29) is 18.3 Å².